The minimum absolute atomic E-state index is 0.0235. The maximum absolute atomic E-state index is 14.5. The number of alkyl halides is 2. The van der Waals surface area contributed by atoms with E-state index in [-0.39, 0.29) is 17.7 Å². The number of aldehydes is 1. The van der Waals surface area contributed by atoms with Gasteiger partial charge in [0.15, 0.2) is 0 Å². The zero-order chi connectivity index (χ0) is 36.2. The number of aromatic amines is 2. The largest absolute Gasteiger partial charge is 0.372 e. The minimum Gasteiger partial charge on any atom is -0.372 e. The Morgan fingerprint density at radius 1 is 1.04 bits per heavy atom. The van der Waals surface area contributed by atoms with Crippen molar-refractivity contribution < 1.29 is 23.2 Å². The summed E-state index contributed by atoms with van der Waals surface area (Å²) in [4.78, 5) is 47.1. The molecule has 0 spiro atoms. The summed E-state index contributed by atoms with van der Waals surface area (Å²) >= 11 is 0. The number of nitrogens with zero attached hydrogens (tertiary/aromatic N) is 4. The number of nitrogens with one attached hydrogen (secondary N) is 3. The van der Waals surface area contributed by atoms with Crippen LogP contribution >= 0.6 is 0 Å². The summed E-state index contributed by atoms with van der Waals surface area (Å²) in [5, 5.41) is 11.1. The molecule has 0 bridgehead atoms. The van der Waals surface area contributed by atoms with E-state index in [1.807, 2.05) is 41.3 Å². The van der Waals surface area contributed by atoms with E-state index in [4.69, 9.17) is 0 Å². The van der Waals surface area contributed by atoms with Crippen LogP contribution in [0.1, 0.15) is 65.7 Å². The number of aromatic nitrogens is 3. The Hall–Kier alpha value is -4.58. The molecule has 2 saturated heterocycles. The van der Waals surface area contributed by atoms with Crippen molar-refractivity contribution in [2.75, 3.05) is 57.8 Å². The Morgan fingerprint density at radius 2 is 1.79 bits per heavy atom. The lowest BCUT2D eigenvalue weighted by atomic mass is 9.87. The fourth-order valence-corrected chi connectivity index (χ4v) is 8.93. The number of rotatable bonds is 10. The maximum Gasteiger partial charge on any atom is 0.258 e. The van der Waals surface area contributed by atoms with Gasteiger partial charge in [-0.05, 0) is 67.5 Å². The highest BCUT2D eigenvalue weighted by molar-refractivity contribution is 5.99. The third kappa shape index (κ3) is 6.18. The normalized spacial score (nSPS) is 23.6. The SMILES string of the molecule is CNC(=O)CCC(C=O)c1ccc(N2CCC(CN3CCN(C(=O)c4ccc5cc(-c6n[nH]c7c6CC6C(F)(F)C6(C)C7)[nH]c5c4)CC3)CC2)cc1. The molecule has 3 atom stereocenters. The Bertz CT molecular complexity index is 1970. The molecular formula is C40H47F2N7O3. The Morgan fingerprint density at radius 3 is 2.50 bits per heavy atom. The molecular weight excluding hydrogens is 664 g/mol. The summed E-state index contributed by atoms with van der Waals surface area (Å²) < 4.78 is 28.9. The zero-order valence-corrected chi connectivity index (χ0v) is 29.9. The van der Waals surface area contributed by atoms with Crippen molar-refractivity contribution in [2.45, 2.75) is 57.3 Å². The van der Waals surface area contributed by atoms with Crippen LogP contribution in [0.5, 0.6) is 0 Å². The lowest BCUT2D eigenvalue weighted by Gasteiger charge is -2.39. The van der Waals surface area contributed by atoms with Crippen LogP contribution in [0.4, 0.5) is 14.5 Å². The molecule has 52 heavy (non-hydrogen) atoms. The van der Waals surface area contributed by atoms with E-state index in [0.717, 1.165) is 91.0 Å². The number of piperazine rings is 1. The van der Waals surface area contributed by atoms with Gasteiger partial charge in [-0.1, -0.05) is 25.1 Å². The van der Waals surface area contributed by atoms with Gasteiger partial charge in [-0.3, -0.25) is 19.6 Å². The Labute approximate surface area is 302 Å². The summed E-state index contributed by atoms with van der Waals surface area (Å²) in [7, 11) is 1.61. The number of hydrogen-bond donors (Lipinski definition) is 3. The number of carbonyl (C=O) groups excluding carboxylic acids is 3. The van der Waals surface area contributed by atoms with Crippen molar-refractivity contribution in [1.82, 2.24) is 30.3 Å². The van der Waals surface area contributed by atoms with E-state index < -0.39 is 17.3 Å². The van der Waals surface area contributed by atoms with Crippen molar-refractivity contribution in [2.24, 2.45) is 17.3 Å². The van der Waals surface area contributed by atoms with Gasteiger partial charge in [0, 0.05) is 116 Å². The van der Waals surface area contributed by atoms with Crippen LogP contribution in [0.15, 0.2) is 48.5 Å². The van der Waals surface area contributed by atoms with Crippen molar-refractivity contribution in [3.8, 4) is 11.4 Å². The van der Waals surface area contributed by atoms with Crippen molar-refractivity contribution in [1.29, 1.82) is 0 Å². The molecule has 3 N–H and O–H groups in total. The highest BCUT2D eigenvalue weighted by atomic mass is 19.3. The molecule has 3 fully saturated rings. The monoisotopic (exact) mass is 711 g/mol. The molecule has 1 saturated carbocycles. The Balaban J connectivity index is 0.816. The topological polar surface area (TPSA) is 117 Å². The van der Waals surface area contributed by atoms with Gasteiger partial charge in [0.25, 0.3) is 11.8 Å². The Kier molecular flexibility index (Phi) is 8.92. The van der Waals surface area contributed by atoms with E-state index in [1.54, 1.807) is 14.0 Å². The standard InChI is InChI=1S/C40H47F2N7O3/c1-39-22-34-31(21-35(39)40(39,41)42)37(46-45-34)33-19-27-3-4-28(20-32(27)44-33)38(52)49-17-15-47(16-18-49)23-25-11-13-48(14-12-25)30-8-5-26(6-9-30)29(24-50)7-10-36(51)43-2/h3-6,8-9,19-20,24-25,29,35,44H,7,10-18,21-23H2,1-2H3,(H,43,51)(H,45,46). The summed E-state index contributed by atoms with van der Waals surface area (Å²) in [6, 6.07) is 15.9. The summed E-state index contributed by atoms with van der Waals surface area (Å²) in [6.45, 7) is 7.75. The maximum atomic E-state index is 14.5. The molecule has 2 aromatic carbocycles. The van der Waals surface area contributed by atoms with Crippen LogP contribution in [0.3, 0.4) is 0 Å². The highest BCUT2D eigenvalue weighted by Gasteiger charge is 2.78. The number of anilines is 1. The van der Waals surface area contributed by atoms with Gasteiger partial charge in [-0.2, -0.15) is 5.10 Å². The van der Waals surface area contributed by atoms with Crippen molar-refractivity contribution in [3.05, 3.63) is 70.9 Å². The summed E-state index contributed by atoms with van der Waals surface area (Å²) in [5.41, 5.74) is 5.75. The molecule has 2 amide bonds. The number of carbonyl (C=O) groups is 3. The van der Waals surface area contributed by atoms with Gasteiger partial charge in [0.1, 0.15) is 12.0 Å². The van der Waals surface area contributed by atoms with Gasteiger partial charge >= 0.3 is 0 Å². The lowest BCUT2D eigenvalue weighted by Crippen LogP contribution is -2.50. The summed E-state index contributed by atoms with van der Waals surface area (Å²) in [5.74, 6) is -2.98. The smallest absolute Gasteiger partial charge is 0.258 e. The quantitative estimate of drug-likeness (QED) is 0.190. The lowest BCUT2D eigenvalue weighted by molar-refractivity contribution is -0.120. The number of H-pyrrole nitrogens is 2. The number of amides is 2. The first-order valence-corrected chi connectivity index (χ1v) is 18.7. The van der Waals surface area contributed by atoms with Gasteiger partial charge < -0.3 is 24.9 Å². The number of hydrogen-bond acceptors (Lipinski definition) is 6. The predicted octanol–water partition coefficient (Wildman–Crippen LogP) is 5.41. The van der Waals surface area contributed by atoms with Crippen molar-refractivity contribution in [3.63, 3.8) is 0 Å². The second-order valence-electron chi connectivity index (χ2n) is 15.6. The molecule has 274 valence electrons. The first kappa shape index (κ1) is 34.5. The summed E-state index contributed by atoms with van der Waals surface area (Å²) in [6.07, 6.45) is 4.61. The van der Waals surface area contributed by atoms with E-state index in [1.165, 1.54) is 0 Å². The van der Waals surface area contributed by atoms with Crippen molar-refractivity contribution >= 4 is 34.7 Å². The van der Waals surface area contributed by atoms with Crippen LogP contribution in [0.25, 0.3) is 22.3 Å². The van der Waals surface area contributed by atoms with Crippen LogP contribution in [0, 0.1) is 17.3 Å². The first-order chi connectivity index (χ1) is 25.1. The molecule has 12 heteroatoms. The third-order valence-corrected chi connectivity index (χ3v) is 12.5. The second-order valence-corrected chi connectivity index (χ2v) is 15.6. The van der Waals surface area contributed by atoms with E-state index in [0.29, 0.717) is 55.9 Å². The number of benzene rings is 2. The molecule has 2 aromatic heterocycles. The van der Waals surface area contributed by atoms with Gasteiger partial charge in [-0.15, -0.1) is 0 Å². The third-order valence-electron chi connectivity index (χ3n) is 12.5. The predicted molar refractivity (Wildman–Crippen MR) is 196 cm³/mol. The molecule has 4 aliphatic rings. The van der Waals surface area contributed by atoms with E-state index in [9.17, 15) is 23.2 Å². The average Bonchev–Trinajstić information content (AvgIpc) is 3.55. The van der Waals surface area contributed by atoms with Gasteiger partial charge in [0.05, 0.1) is 5.69 Å². The van der Waals surface area contributed by atoms with Crippen LogP contribution < -0.4 is 10.2 Å². The highest BCUT2D eigenvalue weighted by Crippen LogP contribution is 2.70. The molecule has 3 unspecified atom stereocenters. The van der Waals surface area contributed by atoms with Crippen LogP contribution in [-0.2, 0) is 22.4 Å². The van der Waals surface area contributed by atoms with Gasteiger partial charge in [0.2, 0.25) is 5.91 Å². The second kappa shape index (κ2) is 13.4. The molecule has 2 aliphatic heterocycles. The zero-order valence-electron chi connectivity index (χ0n) is 29.9. The fraction of sp³-hybridized carbons (Fsp3) is 0.500. The fourth-order valence-electron chi connectivity index (χ4n) is 8.93. The molecule has 0 radical (unpaired) electrons. The van der Waals surface area contributed by atoms with Crippen LogP contribution in [-0.4, -0.2) is 102 Å². The molecule has 8 rings (SSSR count). The number of halogens is 2. The number of piperidine rings is 1. The van der Waals surface area contributed by atoms with Crippen LogP contribution in [0.2, 0.25) is 0 Å². The average molecular weight is 712 g/mol. The first-order valence-electron chi connectivity index (χ1n) is 18.7. The molecule has 10 nitrogen and oxygen atoms in total. The molecule has 4 aromatic rings. The van der Waals surface area contributed by atoms with E-state index in [2.05, 4.69) is 42.4 Å². The molecule has 2 aliphatic carbocycles. The minimum atomic E-state index is -2.64. The molecule has 4 heterocycles. The van der Waals surface area contributed by atoms with Gasteiger partial charge in [-0.25, -0.2) is 8.78 Å². The van der Waals surface area contributed by atoms with E-state index >= 15 is 0 Å². The number of fused-ring (bicyclic) bond motifs is 3.